The number of nitrogens with one attached hydrogen (secondary N) is 2. The molecule has 2 aromatic rings. The first-order valence-corrected chi connectivity index (χ1v) is 15.4. The molecule has 4 aliphatic rings. The number of rotatable bonds is 6. The van der Waals surface area contributed by atoms with Gasteiger partial charge in [0.2, 0.25) is 11.8 Å². The van der Waals surface area contributed by atoms with Gasteiger partial charge in [-0.25, -0.2) is 14.2 Å². The molecule has 2 unspecified atom stereocenters. The summed E-state index contributed by atoms with van der Waals surface area (Å²) in [6.45, 7) is 10.4. The summed E-state index contributed by atoms with van der Waals surface area (Å²) in [5.41, 5.74) is 0.275. The topological polar surface area (TPSA) is 112 Å². The third-order valence-corrected chi connectivity index (χ3v) is 8.90. The molecule has 0 saturated carbocycles. The van der Waals surface area contributed by atoms with E-state index in [2.05, 4.69) is 27.5 Å². The number of halogens is 1. The van der Waals surface area contributed by atoms with Crippen molar-refractivity contribution in [2.75, 3.05) is 63.1 Å². The van der Waals surface area contributed by atoms with Crippen molar-refractivity contribution in [3.05, 3.63) is 29.6 Å². The van der Waals surface area contributed by atoms with Crippen LogP contribution in [0.25, 0.3) is 11.3 Å². The van der Waals surface area contributed by atoms with Gasteiger partial charge in [-0.3, -0.25) is 4.79 Å². The molecular weight excluding hydrogens is 553 g/mol. The van der Waals surface area contributed by atoms with Gasteiger partial charge in [0.1, 0.15) is 17.0 Å². The quantitative estimate of drug-likeness (QED) is 0.520. The minimum Gasteiger partial charge on any atom is -0.469 e. The van der Waals surface area contributed by atoms with E-state index in [0.29, 0.717) is 55.8 Å². The number of nitrogens with zero attached hydrogens (tertiary/aromatic N) is 5. The van der Waals surface area contributed by atoms with E-state index in [1.54, 1.807) is 11.0 Å². The molecule has 0 spiro atoms. The molecule has 12 heteroatoms. The van der Waals surface area contributed by atoms with Crippen LogP contribution in [0.3, 0.4) is 0 Å². The van der Waals surface area contributed by atoms with Crippen molar-refractivity contribution in [2.45, 2.75) is 64.3 Å². The second-order valence-corrected chi connectivity index (χ2v) is 12.9. The predicted molar refractivity (Wildman–Crippen MR) is 161 cm³/mol. The van der Waals surface area contributed by atoms with E-state index >= 15 is 4.39 Å². The SMILES string of the molecule is CCN1CC(C)(C)Oc2nc(N3CC4CCC(C3)O4)nc(-c3ccc(NC(=O)NCC4CCN(C)CC4)c(F)c3)c2C1=O. The van der Waals surface area contributed by atoms with Gasteiger partial charge in [0.05, 0.1) is 30.1 Å². The Morgan fingerprint density at radius 3 is 2.51 bits per heavy atom. The summed E-state index contributed by atoms with van der Waals surface area (Å²) >= 11 is 0. The summed E-state index contributed by atoms with van der Waals surface area (Å²) in [6.07, 6.45) is 4.22. The van der Waals surface area contributed by atoms with Crippen LogP contribution < -0.4 is 20.3 Å². The van der Waals surface area contributed by atoms with Gasteiger partial charge in [-0.15, -0.1) is 0 Å². The maximum absolute atomic E-state index is 15.5. The summed E-state index contributed by atoms with van der Waals surface area (Å²) < 4.78 is 27.9. The zero-order chi connectivity index (χ0) is 30.3. The number of aromatic nitrogens is 2. The van der Waals surface area contributed by atoms with Crippen molar-refractivity contribution in [1.82, 2.24) is 25.1 Å². The number of carbonyl (C=O) groups is 2. The van der Waals surface area contributed by atoms with Crippen molar-refractivity contribution < 1.29 is 23.5 Å². The van der Waals surface area contributed by atoms with Crippen LogP contribution in [0, 0.1) is 11.7 Å². The van der Waals surface area contributed by atoms with Gasteiger partial charge in [-0.2, -0.15) is 4.98 Å². The average Bonchev–Trinajstić information content (AvgIpc) is 3.27. The van der Waals surface area contributed by atoms with E-state index in [9.17, 15) is 9.59 Å². The second kappa shape index (κ2) is 11.9. The normalized spacial score (nSPS) is 23.9. The minimum absolute atomic E-state index is 0.0497. The number of hydrogen-bond acceptors (Lipinski definition) is 8. The number of morpholine rings is 1. The molecule has 3 amide bonds. The van der Waals surface area contributed by atoms with Crippen LogP contribution in [-0.2, 0) is 4.74 Å². The van der Waals surface area contributed by atoms with Crippen molar-refractivity contribution >= 4 is 23.6 Å². The Hall–Kier alpha value is -3.51. The summed E-state index contributed by atoms with van der Waals surface area (Å²) in [7, 11) is 2.10. The molecule has 1 aromatic carbocycles. The van der Waals surface area contributed by atoms with Gasteiger partial charge < -0.3 is 34.8 Å². The average molecular weight is 596 g/mol. The molecule has 1 aromatic heterocycles. The van der Waals surface area contributed by atoms with Gasteiger partial charge in [0, 0.05) is 31.7 Å². The lowest BCUT2D eigenvalue weighted by Crippen LogP contribution is -2.43. The van der Waals surface area contributed by atoms with E-state index in [1.165, 1.54) is 12.1 Å². The number of amides is 3. The van der Waals surface area contributed by atoms with Gasteiger partial charge in [-0.1, -0.05) is 6.07 Å². The molecule has 4 aliphatic heterocycles. The number of fused-ring (bicyclic) bond motifs is 3. The van der Waals surface area contributed by atoms with Crippen molar-refractivity contribution in [3.8, 4) is 17.1 Å². The highest BCUT2D eigenvalue weighted by Crippen LogP contribution is 2.38. The van der Waals surface area contributed by atoms with Crippen LogP contribution in [0.15, 0.2) is 18.2 Å². The molecule has 2 N–H and O–H groups in total. The van der Waals surface area contributed by atoms with Crippen molar-refractivity contribution in [3.63, 3.8) is 0 Å². The predicted octanol–water partition coefficient (Wildman–Crippen LogP) is 3.75. The van der Waals surface area contributed by atoms with Crippen LogP contribution in [0.2, 0.25) is 0 Å². The van der Waals surface area contributed by atoms with Crippen LogP contribution in [-0.4, -0.2) is 102 Å². The zero-order valence-electron chi connectivity index (χ0n) is 25.5. The van der Waals surface area contributed by atoms with Crippen LogP contribution in [0.5, 0.6) is 5.88 Å². The largest absolute Gasteiger partial charge is 0.469 e. The van der Waals surface area contributed by atoms with E-state index in [-0.39, 0.29) is 35.2 Å². The number of likely N-dealkylation sites (tertiary alicyclic amines) is 1. The number of hydrogen-bond donors (Lipinski definition) is 2. The first kappa shape index (κ1) is 29.6. The highest BCUT2D eigenvalue weighted by Gasteiger charge is 2.39. The standard InChI is InChI=1S/C31H42FN7O4/c1-5-38-18-31(2,3)43-27-25(28(38)40)26(35-29(36-27)39-16-21-7-8-22(17-39)42-21)20-6-9-24(23(32)14-20)34-30(41)33-15-19-10-12-37(4)13-11-19/h6,9,14,19,21-22H,5,7-8,10-13,15-18H2,1-4H3,(H2,33,34,41). The molecule has 2 bridgehead atoms. The van der Waals surface area contributed by atoms with E-state index in [1.807, 2.05) is 20.8 Å². The highest BCUT2D eigenvalue weighted by molar-refractivity contribution is 6.03. The number of likely N-dealkylation sites (N-methyl/N-ethyl adjacent to an activating group) is 1. The third-order valence-electron chi connectivity index (χ3n) is 8.90. The van der Waals surface area contributed by atoms with Crippen molar-refractivity contribution in [2.24, 2.45) is 5.92 Å². The number of anilines is 2. The van der Waals surface area contributed by atoms with Crippen LogP contribution >= 0.6 is 0 Å². The summed E-state index contributed by atoms with van der Waals surface area (Å²) in [5, 5.41) is 5.51. The van der Waals surface area contributed by atoms with E-state index in [0.717, 1.165) is 38.8 Å². The fraction of sp³-hybridized carbons (Fsp3) is 0.613. The Bertz CT molecular complexity index is 1370. The number of carbonyl (C=O) groups excluding carboxylic acids is 2. The monoisotopic (exact) mass is 595 g/mol. The lowest BCUT2D eigenvalue weighted by atomic mass is 9.97. The molecule has 232 valence electrons. The van der Waals surface area contributed by atoms with Gasteiger partial charge in [0.15, 0.2) is 0 Å². The smallest absolute Gasteiger partial charge is 0.319 e. The first-order chi connectivity index (χ1) is 20.6. The van der Waals surface area contributed by atoms with Gasteiger partial charge in [-0.05, 0) is 84.6 Å². The Kier molecular flexibility index (Phi) is 8.16. The fourth-order valence-electron chi connectivity index (χ4n) is 6.50. The number of piperidine rings is 1. The Morgan fingerprint density at radius 1 is 1.12 bits per heavy atom. The lowest BCUT2D eigenvalue weighted by molar-refractivity contribution is 0.0297. The van der Waals surface area contributed by atoms with Gasteiger partial charge >= 0.3 is 6.03 Å². The molecule has 3 fully saturated rings. The fourth-order valence-corrected chi connectivity index (χ4v) is 6.50. The van der Waals surface area contributed by atoms with E-state index in [4.69, 9.17) is 19.4 Å². The van der Waals surface area contributed by atoms with Crippen LogP contribution in [0.1, 0.15) is 56.8 Å². The number of urea groups is 1. The number of ether oxygens (including phenoxy) is 2. The van der Waals surface area contributed by atoms with Crippen molar-refractivity contribution in [1.29, 1.82) is 0 Å². The molecule has 3 saturated heterocycles. The summed E-state index contributed by atoms with van der Waals surface area (Å²) in [5.74, 6) is 0.145. The maximum Gasteiger partial charge on any atom is 0.319 e. The lowest BCUT2D eigenvalue weighted by Gasteiger charge is -2.33. The maximum atomic E-state index is 15.5. The van der Waals surface area contributed by atoms with E-state index < -0.39 is 17.4 Å². The zero-order valence-corrected chi connectivity index (χ0v) is 25.5. The summed E-state index contributed by atoms with van der Waals surface area (Å²) in [4.78, 5) is 42.1. The Labute approximate surface area is 252 Å². The molecule has 0 aliphatic carbocycles. The molecular formula is C31H42FN7O4. The molecule has 11 nitrogen and oxygen atoms in total. The number of benzene rings is 1. The molecule has 0 radical (unpaired) electrons. The third kappa shape index (κ3) is 6.40. The Morgan fingerprint density at radius 2 is 1.84 bits per heavy atom. The van der Waals surface area contributed by atoms with Crippen LogP contribution in [0.4, 0.5) is 20.8 Å². The molecule has 2 atom stereocenters. The highest BCUT2D eigenvalue weighted by atomic mass is 19.1. The molecule has 5 heterocycles. The molecule has 6 rings (SSSR count). The molecule has 43 heavy (non-hydrogen) atoms. The second-order valence-electron chi connectivity index (χ2n) is 12.9. The minimum atomic E-state index is -0.691. The van der Waals surface area contributed by atoms with Gasteiger partial charge in [0.25, 0.3) is 5.91 Å². The summed E-state index contributed by atoms with van der Waals surface area (Å²) in [6, 6.07) is 4.04. The first-order valence-electron chi connectivity index (χ1n) is 15.4. The Balaban J connectivity index is 1.29.